The van der Waals surface area contributed by atoms with Gasteiger partial charge in [0.25, 0.3) is 0 Å². The molecule has 1 amide bonds. The van der Waals surface area contributed by atoms with Gasteiger partial charge in [0, 0.05) is 17.8 Å². The average molecular weight is 325 g/mol. The Kier molecular flexibility index (Phi) is 4.69. The fraction of sp³-hybridized carbons (Fsp3) is 0.294. The highest BCUT2D eigenvalue weighted by molar-refractivity contribution is 5.98. The topological polar surface area (TPSA) is 81.9 Å². The number of nitrogens with one attached hydrogen (secondary N) is 1. The number of anilines is 1. The lowest BCUT2D eigenvalue weighted by atomic mass is 10.1. The van der Waals surface area contributed by atoms with E-state index >= 15 is 0 Å². The van der Waals surface area contributed by atoms with Gasteiger partial charge < -0.3 is 10.1 Å². The van der Waals surface area contributed by atoms with Crippen LogP contribution in [0.2, 0.25) is 0 Å². The Hall–Kier alpha value is -2.96. The first-order valence-electron chi connectivity index (χ1n) is 7.77. The normalized spacial score (nSPS) is 17.0. The standard InChI is InChI=1S/C17H19N5O2/c1-12-9-13(2)22(21-12)16-10-15(18-11-19-16)20-17(23)7-6-14-5-3-4-8-24-14/h4,6-11,14H,3,5H2,1-2H3,(H,18,19,20,23)/b7-6+. The molecule has 0 fully saturated rings. The van der Waals surface area contributed by atoms with Gasteiger partial charge in [-0.15, -0.1) is 0 Å². The van der Waals surface area contributed by atoms with Crippen LogP contribution in [0.1, 0.15) is 24.2 Å². The predicted octanol–water partition coefficient (Wildman–Crippen LogP) is 2.47. The van der Waals surface area contributed by atoms with E-state index in [2.05, 4.69) is 20.4 Å². The summed E-state index contributed by atoms with van der Waals surface area (Å²) < 4.78 is 7.10. The summed E-state index contributed by atoms with van der Waals surface area (Å²) in [5.74, 6) is 0.772. The maximum absolute atomic E-state index is 12.0. The molecule has 0 aromatic carbocycles. The van der Waals surface area contributed by atoms with Gasteiger partial charge >= 0.3 is 0 Å². The number of allylic oxidation sites excluding steroid dienone is 1. The Morgan fingerprint density at radius 1 is 1.38 bits per heavy atom. The molecule has 1 atom stereocenters. The maximum atomic E-state index is 12.0. The largest absolute Gasteiger partial charge is 0.494 e. The number of ether oxygens (including phenoxy) is 1. The highest BCUT2D eigenvalue weighted by Gasteiger charge is 2.09. The lowest BCUT2D eigenvalue weighted by Crippen LogP contribution is -2.14. The SMILES string of the molecule is Cc1cc(C)n(-c2cc(NC(=O)/C=C/C3CCC=CO3)ncn2)n1. The van der Waals surface area contributed by atoms with Gasteiger partial charge in [0.2, 0.25) is 5.91 Å². The van der Waals surface area contributed by atoms with Crippen LogP contribution in [0.25, 0.3) is 5.82 Å². The summed E-state index contributed by atoms with van der Waals surface area (Å²) in [7, 11) is 0. The van der Waals surface area contributed by atoms with Crippen molar-refractivity contribution in [3.63, 3.8) is 0 Å². The van der Waals surface area contributed by atoms with E-state index in [1.807, 2.05) is 26.0 Å². The Bertz CT molecular complexity index is 794. The van der Waals surface area contributed by atoms with Crippen molar-refractivity contribution in [2.24, 2.45) is 0 Å². The first kappa shape index (κ1) is 15.9. The number of hydrogen-bond donors (Lipinski definition) is 1. The molecule has 2 aromatic heterocycles. The first-order chi connectivity index (χ1) is 11.6. The van der Waals surface area contributed by atoms with Crippen molar-refractivity contribution in [2.45, 2.75) is 32.8 Å². The van der Waals surface area contributed by atoms with Crippen LogP contribution in [0, 0.1) is 13.8 Å². The molecule has 1 aliphatic rings. The van der Waals surface area contributed by atoms with E-state index in [9.17, 15) is 4.79 Å². The number of aryl methyl sites for hydroxylation is 2. The number of amides is 1. The summed E-state index contributed by atoms with van der Waals surface area (Å²) in [4.78, 5) is 20.3. The van der Waals surface area contributed by atoms with Gasteiger partial charge in [-0.25, -0.2) is 14.6 Å². The van der Waals surface area contributed by atoms with Crippen LogP contribution in [0.15, 0.2) is 43.0 Å². The van der Waals surface area contributed by atoms with E-state index in [-0.39, 0.29) is 12.0 Å². The number of carbonyl (C=O) groups is 1. The lowest BCUT2D eigenvalue weighted by Gasteiger charge is -2.15. The third-order valence-electron chi connectivity index (χ3n) is 3.56. The minimum Gasteiger partial charge on any atom is -0.494 e. The summed E-state index contributed by atoms with van der Waals surface area (Å²) in [5.41, 5.74) is 1.87. The Balaban J connectivity index is 1.68. The monoisotopic (exact) mass is 325 g/mol. The smallest absolute Gasteiger partial charge is 0.249 e. The van der Waals surface area contributed by atoms with Crippen molar-refractivity contribution in [1.29, 1.82) is 0 Å². The molecule has 7 nitrogen and oxygen atoms in total. The molecule has 7 heteroatoms. The zero-order chi connectivity index (χ0) is 16.9. The zero-order valence-corrected chi connectivity index (χ0v) is 13.6. The van der Waals surface area contributed by atoms with Crippen molar-refractivity contribution < 1.29 is 9.53 Å². The van der Waals surface area contributed by atoms with E-state index in [1.165, 1.54) is 12.4 Å². The molecule has 0 bridgehead atoms. The van der Waals surface area contributed by atoms with Gasteiger partial charge in [-0.2, -0.15) is 5.10 Å². The summed E-state index contributed by atoms with van der Waals surface area (Å²) >= 11 is 0. The van der Waals surface area contributed by atoms with Crippen molar-refractivity contribution >= 4 is 11.7 Å². The Labute approximate surface area is 140 Å². The molecule has 1 aliphatic heterocycles. The van der Waals surface area contributed by atoms with Gasteiger partial charge in [0.15, 0.2) is 5.82 Å². The van der Waals surface area contributed by atoms with Crippen LogP contribution in [0.3, 0.4) is 0 Å². The fourth-order valence-corrected chi connectivity index (χ4v) is 2.45. The minimum absolute atomic E-state index is 0.0589. The highest BCUT2D eigenvalue weighted by Crippen LogP contribution is 2.13. The van der Waals surface area contributed by atoms with E-state index in [1.54, 1.807) is 23.1 Å². The van der Waals surface area contributed by atoms with Gasteiger partial charge in [-0.05, 0) is 44.9 Å². The molecule has 1 unspecified atom stereocenters. The molecule has 0 spiro atoms. The second-order valence-corrected chi connectivity index (χ2v) is 5.57. The quantitative estimate of drug-likeness (QED) is 0.873. The molecule has 124 valence electrons. The van der Waals surface area contributed by atoms with Gasteiger partial charge in [-0.3, -0.25) is 4.79 Å². The third-order valence-corrected chi connectivity index (χ3v) is 3.56. The second kappa shape index (κ2) is 7.08. The van der Waals surface area contributed by atoms with Crippen molar-refractivity contribution in [1.82, 2.24) is 19.7 Å². The molecule has 2 aromatic rings. The number of nitrogens with zero attached hydrogens (tertiary/aromatic N) is 4. The van der Waals surface area contributed by atoms with E-state index < -0.39 is 0 Å². The number of hydrogen-bond acceptors (Lipinski definition) is 5. The van der Waals surface area contributed by atoms with Crippen LogP contribution >= 0.6 is 0 Å². The summed E-state index contributed by atoms with van der Waals surface area (Å²) in [6, 6.07) is 3.65. The van der Waals surface area contributed by atoms with Crippen molar-refractivity contribution in [3.05, 3.63) is 54.3 Å². The van der Waals surface area contributed by atoms with E-state index in [4.69, 9.17) is 4.74 Å². The van der Waals surface area contributed by atoms with Gasteiger partial charge in [0.05, 0.1) is 12.0 Å². The molecule has 3 heterocycles. The highest BCUT2D eigenvalue weighted by atomic mass is 16.5. The van der Waals surface area contributed by atoms with Gasteiger partial charge in [-0.1, -0.05) is 0 Å². The summed E-state index contributed by atoms with van der Waals surface area (Å²) in [5, 5.41) is 7.10. The Morgan fingerprint density at radius 2 is 2.25 bits per heavy atom. The summed E-state index contributed by atoms with van der Waals surface area (Å²) in [6.45, 7) is 3.86. The molecule has 3 rings (SSSR count). The molecule has 0 radical (unpaired) electrons. The predicted molar refractivity (Wildman–Crippen MR) is 89.6 cm³/mol. The molecule has 0 aliphatic carbocycles. The summed E-state index contributed by atoms with van der Waals surface area (Å²) in [6.07, 6.45) is 10.0. The van der Waals surface area contributed by atoms with Crippen molar-refractivity contribution in [3.8, 4) is 5.82 Å². The fourth-order valence-electron chi connectivity index (χ4n) is 2.45. The maximum Gasteiger partial charge on any atom is 0.249 e. The second-order valence-electron chi connectivity index (χ2n) is 5.57. The minimum atomic E-state index is -0.258. The molecular weight excluding hydrogens is 306 g/mol. The zero-order valence-electron chi connectivity index (χ0n) is 13.6. The molecular formula is C17H19N5O2. The van der Waals surface area contributed by atoms with Crippen LogP contribution < -0.4 is 5.32 Å². The van der Waals surface area contributed by atoms with E-state index in [0.29, 0.717) is 11.6 Å². The molecule has 1 N–H and O–H groups in total. The van der Waals surface area contributed by atoms with E-state index in [0.717, 1.165) is 24.2 Å². The lowest BCUT2D eigenvalue weighted by molar-refractivity contribution is -0.112. The number of carbonyl (C=O) groups excluding carboxylic acids is 1. The number of rotatable bonds is 4. The van der Waals surface area contributed by atoms with Crippen LogP contribution in [0.4, 0.5) is 5.82 Å². The van der Waals surface area contributed by atoms with Crippen LogP contribution in [-0.4, -0.2) is 31.8 Å². The molecule has 24 heavy (non-hydrogen) atoms. The first-order valence-corrected chi connectivity index (χ1v) is 7.77. The van der Waals surface area contributed by atoms with Crippen molar-refractivity contribution in [2.75, 3.05) is 5.32 Å². The molecule has 0 saturated carbocycles. The third kappa shape index (κ3) is 3.87. The Morgan fingerprint density at radius 3 is 2.96 bits per heavy atom. The van der Waals surface area contributed by atoms with Gasteiger partial charge in [0.1, 0.15) is 18.2 Å². The molecule has 0 saturated heterocycles. The number of aromatic nitrogens is 4. The van der Waals surface area contributed by atoms with Crippen LogP contribution in [0.5, 0.6) is 0 Å². The van der Waals surface area contributed by atoms with Crippen LogP contribution in [-0.2, 0) is 9.53 Å². The average Bonchev–Trinajstić information content (AvgIpc) is 2.93.